The lowest BCUT2D eigenvalue weighted by molar-refractivity contribution is -0.139. The second kappa shape index (κ2) is 5.61. The van der Waals surface area contributed by atoms with Crippen LogP contribution in [0.3, 0.4) is 0 Å². The number of hydrogen-bond acceptors (Lipinski definition) is 5. The van der Waals surface area contributed by atoms with E-state index in [1.54, 1.807) is 19.2 Å². The summed E-state index contributed by atoms with van der Waals surface area (Å²) >= 11 is 0. The summed E-state index contributed by atoms with van der Waals surface area (Å²) in [6.45, 7) is 0. The lowest BCUT2D eigenvalue weighted by Gasteiger charge is -2.20. The van der Waals surface area contributed by atoms with Gasteiger partial charge in [-0.15, -0.1) is 0 Å². The molecule has 0 fully saturated rings. The first-order valence-electron chi connectivity index (χ1n) is 6.01. The molecule has 1 aliphatic heterocycles. The van der Waals surface area contributed by atoms with Gasteiger partial charge in [0.25, 0.3) is 0 Å². The van der Waals surface area contributed by atoms with Gasteiger partial charge in [-0.1, -0.05) is 24.3 Å². The van der Waals surface area contributed by atoms with Gasteiger partial charge in [-0.2, -0.15) is 0 Å². The van der Waals surface area contributed by atoms with E-state index in [0.29, 0.717) is 0 Å². The fourth-order valence-electron chi connectivity index (χ4n) is 1.99. The Labute approximate surface area is 117 Å². The molecule has 1 heterocycles. The molecule has 0 atom stereocenters. The molecular formula is C15H15NO4. The van der Waals surface area contributed by atoms with Gasteiger partial charge < -0.3 is 14.4 Å². The first kappa shape index (κ1) is 13.9. The first-order valence-corrected chi connectivity index (χ1v) is 6.01. The predicted molar refractivity (Wildman–Crippen MR) is 74.2 cm³/mol. The van der Waals surface area contributed by atoms with Gasteiger partial charge in [0.15, 0.2) is 0 Å². The Bertz CT molecular complexity index is 563. The predicted octanol–water partition coefficient (Wildman–Crippen LogP) is 1.66. The average molecular weight is 273 g/mol. The zero-order chi connectivity index (χ0) is 14.7. The van der Waals surface area contributed by atoms with Crippen molar-refractivity contribution >= 4 is 24.1 Å². The van der Waals surface area contributed by atoms with Crippen LogP contribution in [0, 0.1) is 0 Å². The van der Waals surface area contributed by atoms with Crippen LogP contribution in [-0.4, -0.2) is 38.1 Å². The highest BCUT2D eigenvalue weighted by molar-refractivity contribution is 6.01. The maximum atomic E-state index is 11.9. The van der Waals surface area contributed by atoms with E-state index in [4.69, 9.17) is 9.47 Å². The molecule has 0 bridgehead atoms. The molecule has 1 aromatic rings. The molecule has 0 saturated carbocycles. The van der Waals surface area contributed by atoms with Gasteiger partial charge in [0.05, 0.1) is 14.2 Å². The molecule has 20 heavy (non-hydrogen) atoms. The van der Waals surface area contributed by atoms with Crippen LogP contribution in [0.2, 0.25) is 0 Å². The molecule has 0 saturated heterocycles. The van der Waals surface area contributed by atoms with E-state index >= 15 is 0 Å². The molecule has 0 spiro atoms. The summed E-state index contributed by atoms with van der Waals surface area (Å²) in [6, 6.07) is 7.45. The maximum absolute atomic E-state index is 11.9. The zero-order valence-electron chi connectivity index (χ0n) is 11.5. The van der Waals surface area contributed by atoms with Gasteiger partial charge >= 0.3 is 11.9 Å². The summed E-state index contributed by atoms with van der Waals surface area (Å²) in [6.07, 6.45) is 3.38. The monoisotopic (exact) mass is 273 g/mol. The highest BCUT2D eigenvalue weighted by atomic mass is 16.5. The van der Waals surface area contributed by atoms with E-state index < -0.39 is 11.9 Å². The lowest BCUT2D eigenvalue weighted by Crippen LogP contribution is -2.27. The number of carbonyl (C=O) groups excluding carboxylic acids is 2. The minimum absolute atomic E-state index is 0.272. The Kier molecular flexibility index (Phi) is 3.89. The Hall–Kier alpha value is -2.56. The number of methoxy groups -OCH3 is 2. The van der Waals surface area contributed by atoms with Crippen LogP contribution < -0.4 is 0 Å². The first-order chi connectivity index (χ1) is 9.58. The van der Waals surface area contributed by atoms with Gasteiger partial charge in [-0.05, 0) is 23.3 Å². The van der Waals surface area contributed by atoms with E-state index in [1.165, 1.54) is 19.1 Å². The number of hydrogen-bond donors (Lipinski definition) is 0. The molecule has 5 nitrogen and oxygen atoms in total. The molecule has 0 unspecified atom stereocenters. The van der Waals surface area contributed by atoms with Gasteiger partial charge in [0, 0.05) is 7.05 Å². The number of esters is 2. The number of ether oxygens (including phenoxy) is 2. The van der Waals surface area contributed by atoms with E-state index in [-0.39, 0.29) is 11.4 Å². The van der Waals surface area contributed by atoms with Crippen molar-refractivity contribution < 1.29 is 19.1 Å². The summed E-state index contributed by atoms with van der Waals surface area (Å²) in [5, 5.41) is 0. The summed E-state index contributed by atoms with van der Waals surface area (Å²) in [5.41, 5.74) is 2.21. The molecule has 0 N–H and O–H groups in total. The smallest absolute Gasteiger partial charge is 0.354 e. The summed E-state index contributed by atoms with van der Waals surface area (Å²) in [7, 11) is 4.22. The van der Waals surface area contributed by atoms with Crippen LogP contribution in [0.15, 0.2) is 35.7 Å². The van der Waals surface area contributed by atoms with E-state index in [0.717, 1.165) is 11.1 Å². The summed E-state index contributed by atoms with van der Waals surface area (Å²) in [4.78, 5) is 25.2. The van der Waals surface area contributed by atoms with Gasteiger partial charge in [0.2, 0.25) is 0 Å². The minimum Gasteiger partial charge on any atom is -0.464 e. The van der Waals surface area contributed by atoms with Gasteiger partial charge in [-0.25, -0.2) is 9.59 Å². The number of nitrogens with zero attached hydrogens (tertiary/aromatic N) is 1. The van der Waals surface area contributed by atoms with E-state index in [9.17, 15) is 9.59 Å². The second-order valence-corrected chi connectivity index (χ2v) is 4.23. The van der Waals surface area contributed by atoms with Crippen LogP contribution >= 0.6 is 0 Å². The third kappa shape index (κ3) is 2.42. The van der Waals surface area contributed by atoms with Crippen molar-refractivity contribution in [3.63, 3.8) is 0 Å². The Morgan fingerprint density at radius 2 is 1.30 bits per heavy atom. The van der Waals surface area contributed by atoms with Gasteiger partial charge in [0.1, 0.15) is 11.4 Å². The number of rotatable bonds is 2. The number of benzene rings is 1. The van der Waals surface area contributed by atoms with Crippen molar-refractivity contribution in [1.29, 1.82) is 0 Å². The average Bonchev–Trinajstić information content (AvgIpc) is 2.63. The summed E-state index contributed by atoms with van der Waals surface area (Å²) < 4.78 is 9.53. The largest absolute Gasteiger partial charge is 0.464 e. The van der Waals surface area contributed by atoms with Crippen molar-refractivity contribution in [2.75, 3.05) is 21.3 Å². The van der Waals surface area contributed by atoms with E-state index in [1.807, 2.05) is 24.3 Å². The maximum Gasteiger partial charge on any atom is 0.354 e. The molecule has 2 rings (SSSR count). The Morgan fingerprint density at radius 1 is 0.900 bits per heavy atom. The molecule has 0 amide bonds. The van der Waals surface area contributed by atoms with Crippen LogP contribution in [-0.2, 0) is 19.1 Å². The molecule has 0 aliphatic carbocycles. The normalized spacial score (nSPS) is 13.7. The Balaban J connectivity index is 2.63. The van der Waals surface area contributed by atoms with Crippen LogP contribution in [0.25, 0.3) is 12.2 Å². The zero-order valence-corrected chi connectivity index (χ0v) is 11.5. The molecule has 104 valence electrons. The third-order valence-corrected chi connectivity index (χ3v) is 3.09. The quantitative estimate of drug-likeness (QED) is 0.767. The minimum atomic E-state index is -0.515. The summed E-state index contributed by atoms with van der Waals surface area (Å²) in [5.74, 6) is -1.03. The van der Waals surface area contributed by atoms with E-state index in [2.05, 4.69) is 0 Å². The van der Waals surface area contributed by atoms with Crippen LogP contribution in [0.1, 0.15) is 11.1 Å². The second-order valence-electron chi connectivity index (χ2n) is 4.23. The van der Waals surface area contributed by atoms with Crippen LogP contribution in [0.4, 0.5) is 0 Å². The molecular weight excluding hydrogens is 258 g/mol. The molecule has 5 heteroatoms. The molecule has 0 radical (unpaired) electrons. The molecule has 1 aromatic carbocycles. The highest BCUT2D eigenvalue weighted by Gasteiger charge is 2.25. The Morgan fingerprint density at radius 3 is 1.65 bits per heavy atom. The molecule has 0 aromatic heterocycles. The van der Waals surface area contributed by atoms with Crippen molar-refractivity contribution in [3.8, 4) is 0 Å². The third-order valence-electron chi connectivity index (χ3n) is 3.09. The van der Waals surface area contributed by atoms with Crippen molar-refractivity contribution in [2.24, 2.45) is 0 Å². The number of carbonyl (C=O) groups is 2. The number of fused-ring (bicyclic) bond motifs is 1. The van der Waals surface area contributed by atoms with Crippen LogP contribution in [0.5, 0.6) is 0 Å². The van der Waals surface area contributed by atoms with Crippen molar-refractivity contribution in [3.05, 3.63) is 46.8 Å². The number of likely N-dealkylation sites (N-methyl/N-ethyl adjacent to an activating group) is 1. The van der Waals surface area contributed by atoms with Crippen molar-refractivity contribution in [2.45, 2.75) is 0 Å². The SMILES string of the molecule is COC(=O)C1=Cc2ccccc2C=C(C(=O)OC)N1C. The highest BCUT2D eigenvalue weighted by Crippen LogP contribution is 2.26. The topological polar surface area (TPSA) is 55.8 Å². The lowest BCUT2D eigenvalue weighted by atomic mass is 10.1. The standard InChI is InChI=1S/C15H15NO4/c1-16-12(14(17)19-2)8-10-6-4-5-7-11(10)9-13(16)15(18)20-3/h4-9H,1-3H3. The van der Waals surface area contributed by atoms with Gasteiger partial charge in [-0.3, -0.25) is 0 Å². The fourth-order valence-corrected chi connectivity index (χ4v) is 1.99. The van der Waals surface area contributed by atoms with Crippen molar-refractivity contribution in [1.82, 2.24) is 4.90 Å². The fraction of sp³-hybridized carbons (Fsp3) is 0.200. The molecule has 1 aliphatic rings.